The van der Waals surface area contributed by atoms with Gasteiger partial charge in [-0.25, -0.2) is 0 Å². The number of rotatable bonds is 6. The van der Waals surface area contributed by atoms with Gasteiger partial charge in [0.05, 0.1) is 6.61 Å². The summed E-state index contributed by atoms with van der Waals surface area (Å²) in [6, 6.07) is 14.3. The molecule has 0 aromatic heterocycles. The molecule has 2 heteroatoms. The first-order valence-electron chi connectivity index (χ1n) is 7.57. The molecule has 0 amide bonds. The molecule has 2 nitrogen and oxygen atoms in total. The van der Waals surface area contributed by atoms with Crippen LogP contribution in [0.2, 0.25) is 0 Å². The van der Waals surface area contributed by atoms with E-state index in [0.717, 1.165) is 24.5 Å². The van der Waals surface area contributed by atoms with Gasteiger partial charge < -0.3 is 9.84 Å². The van der Waals surface area contributed by atoms with Crippen molar-refractivity contribution in [2.45, 2.75) is 31.8 Å². The topological polar surface area (TPSA) is 29.5 Å². The smallest absolute Gasteiger partial charge is 0.102 e. The highest BCUT2D eigenvalue weighted by Crippen LogP contribution is 2.29. The molecule has 1 fully saturated rings. The molecule has 0 aliphatic heterocycles. The van der Waals surface area contributed by atoms with Crippen LogP contribution in [0.15, 0.2) is 42.5 Å². The summed E-state index contributed by atoms with van der Waals surface area (Å²) in [5, 5.41) is 12.6. The van der Waals surface area contributed by atoms with Crippen LogP contribution in [0.4, 0.5) is 0 Å². The second-order valence-electron chi connectivity index (χ2n) is 5.78. The zero-order chi connectivity index (χ0) is 13.8. The molecular formula is C18H22O2. The summed E-state index contributed by atoms with van der Waals surface area (Å²) in [7, 11) is 0. The SMILES string of the molecule is OC(COCCC1CCC1)c1ccc2ccccc2c1. The van der Waals surface area contributed by atoms with Crippen LogP contribution in [-0.4, -0.2) is 18.3 Å². The van der Waals surface area contributed by atoms with Crippen molar-refractivity contribution < 1.29 is 9.84 Å². The van der Waals surface area contributed by atoms with Crippen molar-refractivity contribution in [1.82, 2.24) is 0 Å². The molecule has 20 heavy (non-hydrogen) atoms. The summed E-state index contributed by atoms with van der Waals surface area (Å²) < 4.78 is 5.62. The van der Waals surface area contributed by atoms with Gasteiger partial charge in [0.15, 0.2) is 0 Å². The highest BCUT2D eigenvalue weighted by molar-refractivity contribution is 5.83. The number of aliphatic hydroxyl groups is 1. The van der Waals surface area contributed by atoms with Gasteiger partial charge in [-0.1, -0.05) is 55.7 Å². The van der Waals surface area contributed by atoms with Crippen LogP contribution in [0.5, 0.6) is 0 Å². The lowest BCUT2D eigenvalue weighted by Crippen LogP contribution is -2.15. The Morgan fingerprint density at radius 1 is 1.10 bits per heavy atom. The third kappa shape index (κ3) is 3.20. The monoisotopic (exact) mass is 270 g/mol. The molecule has 1 unspecified atom stereocenters. The molecular weight excluding hydrogens is 248 g/mol. The zero-order valence-corrected chi connectivity index (χ0v) is 11.8. The molecule has 0 spiro atoms. The Kier molecular flexibility index (Phi) is 4.34. The predicted molar refractivity (Wildman–Crippen MR) is 81.7 cm³/mol. The average Bonchev–Trinajstić information content (AvgIpc) is 2.44. The Bertz CT molecular complexity index is 560. The van der Waals surface area contributed by atoms with Crippen molar-refractivity contribution in [2.24, 2.45) is 5.92 Å². The number of fused-ring (bicyclic) bond motifs is 1. The summed E-state index contributed by atoms with van der Waals surface area (Å²) >= 11 is 0. The minimum atomic E-state index is -0.527. The van der Waals surface area contributed by atoms with Crippen molar-refractivity contribution in [3.63, 3.8) is 0 Å². The van der Waals surface area contributed by atoms with Gasteiger partial charge in [0, 0.05) is 6.61 Å². The first-order chi connectivity index (χ1) is 9.83. The van der Waals surface area contributed by atoms with E-state index in [1.165, 1.54) is 30.0 Å². The van der Waals surface area contributed by atoms with Gasteiger partial charge in [0.25, 0.3) is 0 Å². The first kappa shape index (κ1) is 13.6. The number of benzene rings is 2. The van der Waals surface area contributed by atoms with E-state index in [1.54, 1.807) is 0 Å². The lowest BCUT2D eigenvalue weighted by atomic mass is 9.83. The molecule has 1 aliphatic carbocycles. The summed E-state index contributed by atoms with van der Waals surface area (Å²) in [6.45, 7) is 1.17. The summed E-state index contributed by atoms with van der Waals surface area (Å²) in [5.74, 6) is 0.868. The third-order valence-electron chi connectivity index (χ3n) is 4.33. The molecule has 3 rings (SSSR count). The fourth-order valence-corrected chi connectivity index (χ4v) is 2.74. The van der Waals surface area contributed by atoms with Crippen molar-refractivity contribution in [1.29, 1.82) is 0 Å². The van der Waals surface area contributed by atoms with Crippen LogP contribution < -0.4 is 0 Å². The van der Waals surface area contributed by atoms with Gasteiger partial charge >= 0.3 is 0 Å². The summed E-state index contributed by atoms with van der Waals surface area (Å²) in [5.41, 5.74) is 0.937. The Labute approximate surface area is 120 Å². The minimum Gasteiger partial charge on any atom is -0.386 e. The standard InChI is InChI=1S/C18H22O2/c19-18(13-20-11-10-14-4-3-5-14)17-9-8-15-6-1-2-7-16(15)12-17/h1-2,6-9,12,14,18-19H,3-5,10-11,13H2. The van der Waals surface area contributed by atoms with Crippen LogP contribution in [-0.2, 0) is 4.74 Å². The maximum Gasteiger partial charge on any atom is 0.102 e. The van der Waals surface area contributed by atoms with E-state index in [2.05, 4.69) is 24.3 Å². The van der Waals surface area contributed by atoms with Gasteiger partial charge in [0.1, 0.15) is 6.10 Å². The van der Waals surface area contributed by atoms with Gasteiger partial charge in [-0.05, 0) is 34.7 Å². The van der Waals surface area contributed by atoms with Gasteiger partial charge in [-0.2, -0.15) is 0 Å². The Balaban J connectivity index is 1.53. The van der Waals surface area contributed by atoms with E-state index in [9.17, 15) is 5.11 Å². The average molecular weight is 270 g/mol. The molecule has 106 valence electrons. The van der Waals surface area contributed by atoms with E-state index in [1.807, 2.05) is 18.2 Å². The number of hydrogen-bond donors (Lipinski definition) is 1. The highest BCUT2D eigenvalue weighted by atomic mass is 16.5. The second-order valence-corrected chi connectivity index (χ2v) is 5.78. The molecule has 1 saturated carbocycles. The summed E-state index contributed by atoms with van der Waals surface area (Å²) in [6.07, 6.45) is 4.71. The lowest BCUT2D eigenvalue weighted by Gasteiger charge is -2.25. The molecule has 0 heterocycles. The van der Waals surface area contributed by atoms with E-state index in [4.69, 9.17) is 4.74 Å². The van der Waals surface area contributed by atoms with Crippen molar-refractivity contribution in [3.05, 3.63) is 48.0 Å². The first-order valence-corrected chi connectivity index (χ1v) is 7.57. The zero-order valence-electron chi connectivity index (χ0n) is 11.8. The third-order valence-corrected chi connectivity index (χ3v) is 4.33. The van der Waals surface area contributed by atoms with E-state index >= 15 is 0 Å². The fourth-order valence-electron chi connectivity index (χ4n) is 2.74. The molecule has 1 atom stereocenters. The minimum absolute atomic E-state index is 0.394. The van der Waals surface area contributed by atoms with Crippen molar-refractivity contribution in [3.8, 4) is 0 Å². The fraction of sp³-hybridized carbons (Fsp3) is 0.444. The van der Waals surface area contributed by atoms with Crippen LogP contribution in [0.1, 0.15) is 37.4 Å². The van der Waals surface area contributed by atoms with Gasteiger partial charge in [-0.3, -0.25) is 0 Å². The quantitative estimate of drug-likeness (QED) is 0.801. The van der Waals surface area contributed by atoms with Crippen molar-refractivity contribution >= 4 is 10.8 Å². The van der Waals surface area contributed by atoms with Crippen LogP contribution in [0.25, 0.3) is 10.8 Å². The van der Waals surface area contributed by atoms with Crippen LogP contribution in [0, 0.1) is 5.92 Å². The largest absolute Gasteiger partial charge is 0.386 e. The van der Waals surface area contributed by atoms with E-state index < -0.39 is 6.10 Å². The predicted octanol–water partition coefficient (Wildman–Crippen LogP) is 4.08. The molecule has 1 aliphatic rings. The van der Waals surface area contributed by atoms with E-state index in [-0.39, 0.29) is 0 Å². The Morgan fingerprint density at radius 3 is 2.65 bits per heavy atom. The second kappa shape index (κ2) is 6.38. The van der Waals surface area contributed by atoms with Gasteiger partial charge in [-0.15, -0.1) is 0 Å². The molecule has 2 aromatic rings. The Hall–Kier alpha value is -1.38. The Morgan fingerprint density at radius 2 is 1.90 bits per heavy atom. The van der Waals surface area contributed by atoms with Crippen LogP contribution in [0.3, 0.4) is 0 Å². The lowest BCUT2D eigenvalue weighted by molar-refractivity contribution is 0.0266. The number of ether oxygens (including phenoxy) is 1. The molecule has 0 radical (unpaired) electrons. The molecule has 1 N–H and O–H groups in total. The van der Waals surface area contributed by atoms with E-state index in [0.29, 0.717) is 6.61 Å². The van der Waals surface area contributed by atoms with Crippen molar-refractivity contribution in [2.75, 3.05) is 13.2 Å². The molecule has 0 saturated heterocycles. The van der Waals surface area contributed by atoms with Gasteiger partial charge in [0.2, 0.25) is 0 Å². The number of aliphatic hydroxyl groups excluding tert-OH is 1. The summed E-state index contributed by atoms with van der Waals surface area (Å²) in [4.78, 5) is 0. The highest BCUT2D eigenvalue weighted by Gasteiger charge is 2.17. The maximum absolute atomic E-state index is 10.2. The number of hydrogen-bond acceptors (Lipinski definition) is 2. The molecule has 2 aromatic carbocycles. The molecule has 0 bridgehead atoms. The maximum atomic E-state index is 10.2. The normalized spacial score (nSPS) is 17.1. The van der Waals surface area contributed by atoms with Crippen LogP contribution >= 0.6 is 0 Å².